The van der Waals surface area contributed by atoms with Crippen molar-refractivity contribution in [3.8, 4) is 0 Å². The van der Waals surface area contributed by atoms with Gasteiger partial charge in [0.1, 0.15) is 11.6 Å². The van der Waals surface area contributed by atoms with Crippen LogP contribution >= 0.6 is 0 Å². The van der Waals surface area contributed by atoms with E-state index in [4.69, 9.17) is 4.74 Å². The molecule has 0 radical (unpaired) electrons. The second kappa shape index (κ2) is 6.10. The molecule has 1 fully saturated rings. The number of rotatable bonds is 3. The van der Waals surface area contributed by atoms with E-state index in [1.165, 1.54) is 13.2 Å². The summed E-state index contributed by atoms with van der Waals surface area (Å²) < 4.78 is 31.4. The van der Waals surface area contributed by atoms with Crippen molar-refractivity contribution in [2.45, 2.75) is 19.4 Å². The topological polar surface area (TPSA) is 29.5 Å². The molecule has 0 saturated carbocycles. The van der Waals surface area contributed by atoms with Gasteiger partial charge in [0.15, 0.2) is 0 Å². The number of carbonyl (C=O) groups is 1. The zero-order valence-electron chi connectivity index (χ0n) is 10.9. The summed E-state index contributed by atoms with van der Waals surface area (Å²) in [4.78, 5) is 13.5. The maximum absolute atomic E-state index is 13.6. The number of hydrogen-bond acceptors (Lipinski definition) is 3. The first-order chi connectivity index (χ1) is 9.10. The Bertz CT molecular complexity index is 465. The Labute approximate surface area is 111 Å². The highest BCUT2D eigenvalue weighted by molar-refractivity contribution is 5.72. The van der Waals surface area contributed by atoms with E-state index in [1.54, 1.807) is 0 Å². The van der Waals surface area contributed by atoms with Crippen molar-refractivity contribution in [2.24, 2.45) is 5.92 Å². The van der Waals surface area contributed by atoms with Crippen LogP contribution in [-0.4, -0.2) is 31.1 Å². The van der Waals surface area contributed by atoms with Gasteiger partial charge in [-0.25, -0.2) is 8.78 Å². The minimum absolute atomic E-state index is 0.171. The molecule has 1 heterocycles. The Morgan fingerprint density at radius 3 is 3.00 bits per heavy atom. The van der Waals surface area contributed by atoms with Gasteiger partial charge in [-0.1, -0.05) is 0 Å². The van der Waals surface area contributed by atoms with E-state index in [0.29, 0.717) is 18.7 Å². The van der Waals surface area contributed by atoms with Crippen LogP contribution < -0.4 is 0 Å². The quantitative estimate of drug-likeness (QED) is 0.789. The zero-order chi connectivity index (χ0) is 13.8. The largest absolute Gasteiger partial charge is 0.469 e. The zero-order valence-corrected chi connectivity index (χ0v) is 10.9. The predicted octanol–water partition coefficient (Wildman–Crippen LogP) is 2.35. The molecule has 1 aliphatic rings. The second-order valence-corrected chi connectivity index (χ2v) is 4.83. The van der Waals surface area contributed by atoms with Crippen LogP contribution in [0, 0.1) is 17.6 Å². The van der Waals surface area contributed by atoms with E-state index in [1.807, 2.05) is 4.90 Å². The molecule has 1 aromatic rings. The fraction of sp³-hybridized carbons (Fsp3) is 0.500. The Morgan fingerprint density at radius 1 is 1.47 bits per heavy atom. The summed E-state index contributed by atoms with van der Waals surface area (Å²) in [5.74, 6) is -1.26. The molecule has 1 saturated heterocycles. The normalized spacial score (nSPS) is 20.3. The molecule has 0 unspecified atom stereocenters. The average molecular weight is 269 g/mol. The number of benzene rings is 1. The highest BCUT2D eigenvalue weighted by atomic mass is 19.1. The van der Waals surface area contributed by atoms with Gasteiger partial charge in [-0.05, 0) is 37.6 Å². The highest BCUT2D eigenvalue weighted by Gasteiger charge is 2.26. The van der Waals surface area contributed by atoms with Crippen LogP contribution in [0.4, 0.5) is 8.78 Å². The molecule has 0 aromatic heterocycles. The van der Waals surface area contributed by atoms with Gasteiger partial charge in [0.2, 0.25) is 0 Å². The number of ether oxygens (including phenoxy) is 1. The van der Waals surface area contributed by atoms with Crippen molar-refractivity contribution in [1.29, 1.82) is 0 Å². The van der Waals surface area contributed by atoms with E-state index in [9.17, 15) is 13.6 Å². The van der Waals surface area contributed by atoms with Crippen LogP contribution in [-0.2, 0) is 16.1 Å². The monoisotopic (exact) mass is 269 g/mol. The third-order valence-electron chi connectivity index (χ3n) is 3.44. The molecular formula is C14H17F2NO2. The number of nitrogens with zero attached hydrogens (tertiary/aromatic N) is 1. The van der Waals surface area contributed by atoms with Crippen LogP contribution in [0.3, 0.4) is 0 Å². The SMILES string of the molecule is COC(=O)[C@H]1CCCN(Cc2cc(F)ccc2F)C1. The number of esters is 1. The van der Waals surface area contributed by atoms with Crippen molar-refractivity contribution < 1.29 is 18.3 Å². The molecule has 1 aromatic carbocycles. The molecule has 1 atom stereocenters. The molecule has 1 aliphatic heterocycles. The minimum Gasteiger partial charge on any atom is -0.469 e. The highest BCUT2D eigenvalue weighted by Crippen LogP contribution is 2.21. The molecule has 2 rings (SSSR count). The average Bonchev–Trinajstić information content (AvgIpc) is 2.42. The summed E-state index contributed by atoms with van der Waals surface area (Å²) >= 11 is 0. The van der Waals surface area contributed by atoms with E-state index >= 15 is 0 Å². The first-order valence-corrected chi connectivity index (χ1v) is 6.34. The maximum atomic E-state index is 13.6. The Hall–Kier alpha value is -1.49. The van der Waals surface area contributed by atoms with Crippen molar-refractivity contribution >= 4 is 5.97 Å². The molecule has 0 bridgehead atoms. The van der Waals surface area contributed by atoms with Gasteiger partial charge in [-0.2, -0.15) is 0 Å². The molecule has 0 aliphatic carbocycles. The fourth-order valence-electron chi connectivity index (χ4n) is 2.46. The summed E-state index contributed by atoms with van der Waals surface area (Å²) in [6.07, 6.45) is 1.64. The molecule has 104 valence electrons. The predicted molar refractivity (Wildman–Crippen MR) is 66.4 cm³/mol. The second-order valence-electron chi connectivity index (χ2n) is 4.83. The van der Waals surface area contributed by atoms with Crippen molar-refractivity contribution in [3.63, 3.8) is 0 Å². The Balaban J connectivity index is 2.02. The van der Waals surface area contributed by atoms with Gasteiger partial charge in [-0.15, -0.1) is 0 Å². The van der Waals surface area contributed by atoms with Gasteiger partial charge < -0.3 is 4.74 Å². The third kappa shape index (κ3) is 3.50. The number of carbonyl (C=O) groups excluding carboxylic acids is 1. The van der Waals surface area contributed by atoms with Crippen molar-refractivity contribution in [1.82, 2.24) is 4.90 Å². The molecule has 3 nitrogen and oxygen atoms in total. The lowest BCUT2D eigenvalue weighted by atomic mass is 9.97. The van der Waals surface area contributed by atoms with Crippen LogP contribution in [0.15, 0.2) is 18.2 Å². The lowest BCUT2D eigenvalue weighted by Crippen LogP contribution is -2.38. The van der Waals surface area contributed by atoms with Crippen LogP contribution in [0.2, 0.25) is 0 Å². The first-order valence-electron chi connectivity index (χ1n) is 6.34. The third-order valence-corrected chi connectivity index (χ3v) is 3.44. The lowest BCUT2D eigenvalue weighted by Gasteiger charge is -2.31. The number of piperidine rings is 1. The summed E-state index contributed by atoms with van der Waals surface area (Å²) in [6.45, 7) is 1.63. The van der Waals surface area contributed by atoms with Crippen LogP contribution in [0.1, 0.15) is 18.4 Å². The molecule has 0 amide bonds. The summed E-state index contributed by atoms with van der Waals surface area (Å²) in [6, 6.07) is 3.44. The van der Waals surface area contributed by atoms with Gasteiger partial charge in [-0.3, -0.25) is 9.69 Å². The Morgan fingerprint density at radius 2 is 2.26 bits per heavy atom. The fourth-order valence-corrected chi connectivity index (χ4v) is 2.46. The van der Waals surface area contributed by atoms with E-state index in [-0.39, 0.29) is 11.9 Å². The smallest absolute Gasteiger partial charge is 0.309 e. The number of methoxy groups -OCH3 is 1. The molecule has 19 heavy (non-hydrogen) atoms. The van der Waals surface area contributed by atoms with Crippen molar-refractivity contribution in [2.75, 3.05) is 20.2 Å². The minimum atomic E-state index is -0.446. The van der Waals surface area contributed by atoms with Gasteiger partial charge in [0, 0.05) is 18.7 Å². The number of likely N-dealkylation sites (tertiary alicyclic amines) is 1. The summed E-state index contributed by atoms with van der Waals surface area (Å²) in [5, 5.41) is 0. The Kier molecular flexibility index (Phi) is 4.47. The van der Waals surface area contributed by atoms with Crippen molar-refractivity contribution in [3.05, 3.63) is 35.4 Å². The van der Waals surface area contributed by atoms with Gasteiger partial charge in [0.25, 0.3) is 0 Å². The number of halogens is 2. The van der Waals surface area contributed by atoms with Crippen LogP contribution in [0.5, 0.6) is 0 Å². The standard InChI is InChI=1S/C14H17F2NO2/c1-19-14(18)10-3-2-6-17(8-10)9-11-7-12(15)4-5-13(11)16/h4-5,7,10H,2-3,6,8-9H2,1H3/t10-/m0/s1. The molecular weight excluding hydrogens is 252 g/mol. The first kappa shape index (κ1) is 13.9. The van der Waals surface area contributed by atoms with Gasteiger partial charge >= 0.3 is 5.97 Å². The molecule has 5 heteroatoms. The lowest BCUT2D eigenvalue weighted by molar-refractivity contribution is -0.147. The van der Waals surface area contributed by atoms with E-state index < -0.39 is 11.6 Å². The number of hydrogen-bond donors (Lipinski definition) is 0. The van der Waals surface area contributed by atoms with E-state index in [2.05, 4.69) is 0 Å². The van der Waals surface area contributed by atoms with E-state index in [0.717, 1.165) is 31.5 Å². The van der Waals surface area contributed by atoms with Gasteiger partial charge in [0.05, 0.1) is 13.0 Å². The summed E-state index contributed by atoms with van der Waals surface area (Å²) in [5.41, 5.74) is 0.325. The molecule has 0 N–H and O–H groups in total. The summed E-state index contributed by atoms with van der Waals surface area (Å²) in [7, 11) is 1.37. The van der Waals surface area contributed by atoms with Crippen LogP contribution in [0.25, 0.3) is 0 Å². The maximum Gasteiger partial charge on any atom is 0.309 e. The molecule has 0 spiro atoms.